The number of alkyl halides is 2. The van der Waals surface area contributed by atoms with Crippen LogP contribution in [0.4, 0.5) is 14.5 Å². The lowest BCUT2D eigenvalue weighted by Crippen LogP contribution is -2.15. The molecule has 1 aromatic carbocycles. The molecule has 0 saturated heterocycles. The van der Waals surface area contributed by atoms with Gasteiger partial charge in [0.1, 0.15) is 6.61 Å². The molecule has 1 amide bonds. The Morgan fingerprint density at radius 2 is 2.11 bits per heavy atom. The standard InChI is InChI=1S/C13H18F2N2O2/c14-12(15)9-19-7-3-6-13(18)17-11-5-2-1-4-10(11)8-16/h1-2,4-5,12H,3,6-9,16H2,(H,17,18). The zero-order chi connectivity index (χ0) is 14.1. The largest absolute Gasteiger partial charge is 0.376 e. The molecule has 0 aliphatic rings. The second kappa shape index (κ2) is 8.55. The van der Waals surface area contributed by atoms with Gasteiger partial charge in [0.25, 0.3) is 6.43 Å². The number of halogens is 2. The number of benzene rings is 1. The lowest BCUT2D eigenvalue weighted by Gasteiger charge is -2.09. The number of anilines is 1. The van der Waals surface area contributed by atoms with Crippen molar-refractivity contribution in [1.29, 1.82) is 0 Å². The van der Waals surface area contributed by atoms with Gasteiger partial charge in [-0.25, -0.2) is 8.78 Å². The molecule has 0 unspecified atom stereocenters. The number of nitrogens with two attached hydrogens (primary N) is 1. The van der Waals surface area contributed by atoms with Crippen LogP contribution >= 0.6 is 0 Å². The van der Waals surface area contributed by atoms with Gasteiger partial charge < -0.3 is 15.8 Å². The first-order chi connectivity index (χ1) is 9.13. The highest BCUT2D eigenvalue weighted by Crippen LogP contribution is 2.14. The van der Waals surface area contributed by atoms with Crippen LogP contribution in [0.1, 0.15) is 18.4 Å². The van der Waals surface area contributed by atoms with Crippen LogP contribution in [0.5, 0.6) is 0 Å². The van der Waals surface area contributed by atoms with Crippen LogP contribution < -0.4 is 11.1 Å². The van der Waals surface area contributed by atoms with Crippen LogP contribution in [0.3, 0.4) is 0 Å². The van der Waals surface area contributed by atoms with Crippen molar-refractivity contribution in [2.75, 3.05) is 18.5 Å². The number of rotatable bonds is 8. The number of carbonyl (C=O) groups excluding carboxylic acids is 1. The summed E-state index contributed by atoms with van der Waals surface area (Å²) in [6.45, 7) is -0.0954. The molecule has 1 aromatic rings. The van der Waals surface area contributed by atoms with Gasteiger partial charge >= 0.3 is 0 Å². The quantitative estimate of drug-likeness (QED) is 0.713. The number of hydrogen-bond acceptors (Lipinski definition) is 3. The van der Waals surface area contributed by atoms with E-state index < -0.39 is 13.0 Å². The van der Waals surface area contributed by atoms with Crippen molar-refractivity contribution in [2.24, 2.45) is 5.73 Å². The molecule has 0 atom stereocenters. The van der Waals surface area contributed by atoms with Crippen molar-refractivity contribution >= 4 is 11.6 Å². The zero-order valence-corrected chi connectivity index (χ0v) is 10.6. The van der Waals surface area contributed by atoms with E-state index in [2.05, 4.69) is 5.32 Å². The first-order valence-corrected chi connectivity index (χ1v) is 6.07. The summed E-state index contributed by atoms with van der Waals surface area (Å²) in [5.74, 6) is -0.179. The van der Waals surface area contributed by atoms with Crippen LogP contribution in [-0.4, -0.2) is 25.5 Å². The van der Waals surface area contributed by atoms with Crippen LogP contribution in [0.2, 0.25) is 0 Å². The summed E-state index contributed by atoms with van der Waals surface area (Å²) in [7, 11) is 0. The van der Waals surface area contributed by atoms with Crippen LogP contribution in [0.15, 0.2) is 24.3 Å². The smallest absolute Gasteiger partial charge is 0.261 e. The van der Waals surface area contributed by atoms with Crippen molar-refractivity contribution < 1.29 is 18.3 Å². The van der Waals surface area contributed by atoms with E-state index in [1.807, 2.05) is 12.1 Å². The van der Waals surface area contributed by atoms with Gasteiger partial charge in [0.2, 0.25) is 5.91 Å². The van der Waals surface area contributed by atoms with Gasteiger partial charge in [0, 0.05) is 25.3 Å². The maximum atomic E-state index is 11.8. The minimum absolute atomic E-state index is 0.149. The highest BCUT2D eigenvalue weighted by Gasteiger charge is 2.06. The summed E-state index contributed by atoms with van der Waals surface area (Å²) in [6, 6.07) is 7.26. The minimum Gasteiger partial charge on any atom is -0.376 e. The van der Waals surface area contributed by atoms with E-state index in [1.54, 1.807) is 12.1 Å². The second-order valence-electron chi connectivity index (χ2n) is 3.98. The molecule has 4 nitrogen and oxygen atoms in total. The van der Waals surface area contributed by atoms with Crippen LogP contribution in [0.25, 0.3) is 0 Å². The average Bonchev–Trinajstić information content (AvgIpc) is 2.38. The van der Waals surface area contributed by atoms with E-state index in [-0.39, 0.29) is 18.9 Å². The Labute approximate surface area is 110 Å². The van der Waals surface area contributed by atoms with E-state index in [0.29, 0.717) is 18.7 Å². The molecule has 3 N–H and O–H groups in total. The van der Waals surface area contributed by atoms with Gasteiger partial charge in [-0.15, -0.1) is 0 Å². The van der Waals surface area contributed by atoms with E-state index in [0.717, 1.165) is 5.56 Å². The molecule has 0 radical (unpaired) electrons. The summed E-state index contributed by atoms with van der Waals surface area (Å²) >= 11 is 0. The monoisotopic (exact) mass is 272 g/mol. The van der Waals surface area contributed by atoms with E-state index >= 15 is 0 Å². The molecular weight excluding hydrogens is 254 g/mol. The lowest BCUT2D eigenvalue weighted by molar-refractivity contribution is -0.116. The molecule has 0 aliphatic carbocycles. The van der Waals surface area contributed by atoms with E-state index in [4.69, 9.17) is 10.5 Å². The number of carbonyl (C=O) groups is 1. The number of nitrogens with one attached hydrogen (secondary N) is 1. The molecule has 0 heterocycles. The first kappa shape index (κ1) is 15.5. The van der Waals surface area contributed by atoms with Gasteiger partial charge in [0.05, 0.1) is 0 Å². The Bertz CT molecular complexity index is 400. The number of para-hydroxylation sites is 1. The topological polar surface area (TPSA) is 64.3 Å². The fourth-order valence-electron chi connectivity index (χ4n) is 1.54. The van der Waals surface area contributed by atoms with Gasteiger partial charge in [-0.3, -0.25) is 4.79 Å². The second-order valence-corrected chi connectivity index (χ2v) is 3.98. The molecule has 106 valence electrons. The minimum atomic E-state index is -2.47. The van der Waals surface area contributed by atoms with Crippen molar-refractivity contribution in [3.63, 3.8) is 0 Å². The lowest BCUT2D eigenvalue weighted by atomic mass is 10.1. The predicted molar refractivity (Wildman–Crippen MR) is 69.0 cm³/mol. The third-order valence-corrected chi connectivity index (χ3v) is 2.45. The molecule has 0 saturated carbocycles. The number of ether oxygens (including phenoxy) is 1. The SMILES string of the molecule is NCc1ccccc1NC(=O)CCCOCC(F)F. The Balaban J connectivity index is 2.27. The summed E-state index contributed by atoms with van der Waals surface area (Å²) < 4.78 is 28.2. The van der Waals surface area contributed by atoms with Crippen molar-refractivity contribution in [3.05, 3.63) is 29.8 Å². The molecular formula is C13H18F2N2O2. The molecule has 0 aliphatic heterocycles. The van der Waals surface area contributed by atoms with Gasteiger partial charge in [-0.1, -0.05) is 18.2 Å². The number of amides is 1. The normalized spacial score (nSPS) is 10.7. The maximum absolute atomic E-state index is 11.8. The average molecular weight is 272 g/mol. The molecule has 6 heteroatoms. The van der Waals surface area contributed by atoms with Crippen molar-refractivity contribution in [3.8, 4) is 0 Å². The maximum Gasteiger partial charge on any atom is 0.261 e. The molecule has 0 bridgehead atoms. The summed E-state index contributed by atoms with van der Waals surface area (Å²) in [6.07, 6.45) is -1.84. The molecule has 0 aromatic heterocycles. The fourth-order valence-corrected chi connectivity index (χ4v) is 1.54. The zero-order valence-electron chi connectivity index (χ0n) is 10.6. The Morgan fingerprint density at radius 3 is 2.79 bits per heavy atom. The molecule has 1 rings (SSSR count). The molecule has 19 heavy (non-hydrogen) atoms. The van der Waals surface area contributed by atoms with Crippen molar-refractivity contribution in [2.45, 2.75) is 25.8 Å². The Kier molecular flexibility index (Phi) is 6.99. The first-order valence-electron chi connectivity index (χ1n) is 6.07. The van der Waals surface area contributed by atoms with Gasteiger partial charge in [-0.05, 0) is 18.1 Å². The molecule has 0 fully saturated rings. The highest BCUT2D eigenvalue weighted by atomic mass is 19.3. The van der Waals surface area contributed by atoms with Crippen molar-refractivity contribution in [1.82, 2.24) is 0 Å². The highest BCUT2D eigenvalue weighted by molar-refractivity contribution is 5.91. The summed E-state index contributed by atoms with van der Waals surface area (Å²) in [4.78, 5) is 11.6. The fraction of sp³-hybridized carbons (Fsp3) is 0.462. The van der Waals surface area contributed by atoms with Crippen LogP contribution in [-0.2, 0) is 16.1 Å². The number of hydrogen-bond donors (Lipinski definition) is 2. The predicted octanol–water partition coefficient (Wildman–Crippen LogP) is 2.15. The third-order valence-electron chi connectivity index (χ3n) is 2.45. The van der Waals surface area contributed by atoms with E-state index in [1.165, 1.54) is 0 Å². The Hall–Kier alpha value is -1.53. The summed E-state index contributed by atoms with van der Waals surface area (Å²) in [5, 5.41) is 2.74. The van der Waals surface area contributed by atoms with Gasteiger partial charge in [0.15, 0.2) is 0 Å². The summed E-state index contributed by atoms with van der Waals surface area (Å²) in [5.41, 5.74) is 7.09. The van der Waals surface area contributed by atoms with Crippen LogP contribution in [0, 0.1) is 0 Å². The third kappa shape index (κ3) is 6.26. The molecule has 0 spiro atoms. The van der Waals surface area contributed by atoms with Gasteiger partial charge in [-0.2, -0.15) is 0 Å². The van der Waals surface area contributed by atoms with E-state index in [9.17, 15) is 13.6 Å². The Morgan fingerprint density at radius 1 is 1.37 bits per heavy atom.